The summed E-state index contributed by atoms with van der Waals surface area (Å²) in [7, 11) is 2.15. The summed E-state index contributed by atoms with van der Waals surface area (Å²) >= 11 is 0. The molecule has 2 bridgehead atoms. The first-order chi connectivity index (χ1) is 9.15. The van der Waals surface area contributed by atoms with E-state index in [9.17, 15) is 9.18 Å². The number of hydrogen-bond acceptors (Lipinski definition) is 2. The molecule has 2 heterocycles. The van der Waals surface area contributed by atoms with Crippen LogP contribution < -0.4 is 0 Å². The highest BCUT2D eigenvalue weighted by Gasteiger charge is 2.34. The highest BCUT2D eigenvalue weighted by molar-refractivity contribution is 5.97. The first-order valence-electron chi connectivity index (χ1n) is 6.84. The van der Waals surface area contributed by atoms with Crippen molar-refractivity contribution < 1.29 is 9.18 Å². The summed E-state index contributed by atoms with van der Waals surface area (Å²) in [4.78, 5) is 14.5. The minimum Gasteiger partial charge on any atom is -0.297 e. The lowest BCUT2D eigenvalue weighted by molar-refractivity contribution is 0.0985. The molecule has 0 radical (unpaired) electrons. The van der Waals surface area contributed by atoms with Crippen molar-refractivity contribution in [2.45, 2.75) is 37.8 Å². The molecule has 19 heavy (non-hydrogen) atoms. The van der Waals surface area contributed by atoms with Gasteiger partial charge in [0.1, 0.15) is 5.82 Å². The molecule has 0 N–H and O–H groups in total. The van der Waals surface area contributed by atoms with Gasteiger partial charge in [-0.15, -0.1) is 0 Å². The second kappa shape index (κ2) is 4.89. The smallest absolute Gasteiger partial charge is 0.169 e. The van der Waals surface area contributed by atoms with E-state index in [1.165, 1.54) is 24.5 Å². The van der Waals surface area contributed by atoms with Crippen LogP contribution >= 0.6 is 0 Å². The zero-order chi connectivity index (χ0) is 13.4. The number of carbonyl (C=O) groups excluding carboxylic acids is 1. The normalized spacial score (nSPS) is 26.3. The number of benzene rings is 1. The Labute approximate surface area is 112 Å². The molecule has 1 fully saturated rings. The van der Waals surface area contributed by atoms with Gasteiger partial charge in [-0.25, -0.2) is 4.39 Å². The lowest BCUT2D eigenvalue weighted by Crippen LogP contribution is -2.35. The molecule has 2 aliphatic rings. The molecule has 0 spiro atoms. The van der Waals surface area contributed by atoms with Gasteiger partial charge in [-0.1, -0.05) is 23.8 Å². The van der Waals surface area contributed by atoms with Gasteiger partial charge in [0.2, 0.25) is 0 Å². The number of nitrogens with zero attached hydrogens (tertiary/aromatic N) is 1. The lowest BCUT2D eigenvalue weighted by atomic mass is 9.95. The van der Waals surface area contributed by atoms with Crippen LogP contribution in [0.2, 0.25) is 0 Å². The van der Waals surface area contributed by atoms with Crippen molar-refractivity contribution in [3.8, 4) is 0 Å². The maximum Gasteiger partial charge on any atom is 0.169 e. The van der Waals surface area contributed by atoms with E-state index in [1.54, 1.807) is 18.2 Å². The van der Waals surface area contributed by atoms with Crippen molar-refractivity contribution in [3.05, 3.63) is 47.3 Å². The van der Waals surface area contributed by atoms with Crippen molar-refractivity contribution in [2.75, 3.05) is 7.05 Å². The van der Waals surface area contributed by atoms with Crippen LogP contribution in [-0.2, 0) is 0 Å². The molecule has 0 aliphatic carbocycles. The Kier molecular flexibility index (Phi) is 3.23. The van der Waals surface area contributed by atoms with E-state index < -0.39 is 5.82 Å². The average Bonchev–Trinajstić information content (AvgIpc) is 2.63. The molecular formula is C16H18FNO. The standard InChI is InChI=1S/C16H18FNO/c1-18-12-6-7-13(18)9-11(8-12)10-16(19)14-4-2-3-5-15(14)17/h2-5,8,12-13H,6-7,9-10H2,1H3. The zero-order valence-corrected chi connectivity index (χ0v) is 11.1. The molecule has 1 saturated heterocycles. The predicted molar refractivity (Wildman–Crippen MR) is 72.6 cm³/mol. The average molecular weight is 259 g/mol. The van der Waals surface area contributed by atoms with Gasteiger partial charge in [0.05, 0.1) is 5.56 Å². The van der Waals surface area contributed by atoms with Gasteiger partial charge in [-0.2, -0.15) is 0 Å². The number of hydrogen-bond donors (Lipinski definition) is 0. The Morgan fingerprint density at radius 3 is 2.89 bits per heavy atom. The minimum atomic E-state index is -0.413. The SMILES string of the molecule is CN1C2C=C(CC(=O)c3ccccc3F)CC1CC2. The predicted octanol–water partition coefficient (Wildman–Crippen LogP) is 3.19. The van der Waals surface area contributed by atoms with Gasteiger partial charge in [0.25, 0.3) is 0 Å². The molecule has 3 heteroatoms. The van der Waals surface area contributed by atoms with Crippen molar-refractivity contribution in [1.29, 1.82) is 0 Å². The molecular weight excluding hydrogens is 241 g/mol. The molecule has 0 saturated carbocycles. The highest BCUT2D eigenvalue weighted by atomic mass is 19.1. The number of fused-ring (bicyclic) bond motifs is 2. The van der Waals surface area contributed by atoms with Crippen LogP contribution in [0, 0.1) is 5.82 Å². The van der Waals surface area contributed by atoms with Gasteiger partial charge in [-0.05, 0) is 38.4 Å². The number of rotatable bonds is 3. The van der Waals surface area contributed by atoms with Crippen LogP contribution in [-0.4, -0.2) is 29.8 Å². The topological polar surface area (TPSA) is 20.3 Å². The van der Waals surface area contributed by atoms with E-state index in [0.717, 1.165) is 6.42 Å². The maximum atomic E-state index is 13.6. The van der Waals surface area contributed by atoms with Crippen molar-refractivity contribution in [1.82, 2.24) is 4.90 Å². The summed E-state index contributed by atoms with van der Waals surface area (Å²) in [5.41, 5.74) is 1.40. The number of halogens is 1. The molecule has 0 amide bonds. The maximum absolute atomic E-state index is 13.6. The fourth-order valence-corrected chi connectivity index (χ4v) is 3.25. The van der Waals surface area contributed by atoms with Crippen molar-refractivity contribution in [2.24, 2.45) is 0 Å². The number of likely N-dealkylation sites (N-methyl/N-ethyl adjacent to an activating group) is 1. The largest absolute Gasteiger partial charge is 0.297 e. The summed E-state index contributed by atoms with van der Waals surface area (Å²) in [6.07, 6.45) is 5.91. The minimum absolute atomic E-state index is 0.103. The zero-order valence-electron chi connectivity index (χ0n) is 11.1. The van der Waals surface area contributed by atoms with Gasteiger partial charge in [0, 0.05) is 18.5 Å². The molecule has 2 aliphatic heterocycles. The molecule has 2 nitrogen and oxygen atoms in total. The molecule has 1 aromatic carbocycles. The van der Waals surface area contributed by atoms with E-state index in [4.69, 9.17) is 0 Å². The van der Waals surface area contributed by atoms with Crippen LogP contribution in [0.5, 0.6) is 0 Å². The van der Waals surface area contributed by atoms with Crippen LogP contribution in [0.25, 0.3) is 0 Å². The lowest BCUT2D eigenvalue weighted by Gasteiger charge is -2.30. The van der Waals surface area contributed by atoms with Gasteiger partial charge >= 0.3 is 0 Å². The van der Waals surface area contributed by atoms with Gasteiger partial charge < -0.3 is 0 Å². The molecule has 100 valence electrons. The second-order valence-corrected chi connectivity index (χ2v) is 5.57. The highest BCUT2D eigenvalue weighted by Crippen LogP contribution is 2.34. The first-order valence-corrected chi connectivity index (χ1v) is 6.84. The summed E-state index contributed by atoms with van der Waals surface area (Å²) < 4.78 is 13.6. The summed E-state index contributed by atoms with van der Waals surface area (Å²) in [6.45, 7) is 0. The quantitative estimate of drug-likeness (QED) is 0.613. The fourth-order valence-electron chi connectivity index (χ4n) is 3.25. The Morgan fingerprint density at radius 1 is 1.37 bits per heavy atom. The molecule has 1 aromatic rings. The number of carbonyl (C=O) groups is 1. The van der Waals surface area contributed by atoms with Gasteiger partial charge in [0.15, 0.2) is 5.78 Å². The third kappa shape index (κ3) is 2.35. The van der Waals surface area contributed by atoms with Crippen LogP contribution in [0.15, 0.2) is 35.9 Å². The summed E-state index contributed by atoms with van der Waals surface area (Å²) in [5, 5.41) is 0. The third-order valence-corrected chi connectivity index (χ3v) is 4.38. The van der Waals surface area contributed by atoms with E-state index in [2.05, 4.69) is 18.0 Å². The van der Waals surface area contributed by atoms with Crippen molar-refractivity contribution in [3.63, 3.8) is 0 Å². The number of Topliss-reactive ketones (excluding diaryl/α,β-unsaturated/α-hetero) is 1. The van der Waals surface area contributed by atoms with E-state index in [1.807, 2.05) is 0 Å². The second-order valence-electron chi connectivity index (χ2n) is 5.57. The summed E-state index contributed by atoms with van der Waals surface area (Å²) in [6, 6.07) is 7.28. The molecule has 3 rings (SSSR count). The summed E-state index contributed by atoms with van der Waals surface area (Å²) in [5.74, 6) is -0.516. The Balaban J connectivity index is 1.75. The molecule has 0 aromatic heterocycles. The van der Waals surface area contributed by atoms with Crippen molar-refractivity contribution >= 4 is 5.78 Å². The van der Waals surface area contributed by atoms with Crippen LogP contribution in [0.3, 0.4) is 0 Å². The monoisotopic (exact) mass is 259 g/mol. The fraction of sp³-hybridized carbons (Fsp3) is 0.438. The van der Waals surface area contributed by atoms with E-state index in [0.29, 0.717) is 18.5 Å². The van der Waals surface area contributed by atoms with Crippen LogP contribution in [0.1, 0.15) is 36.0 Å². The molecule has 2 unspecified atom stereocenters. The first kappa shape index (κ1) is 12.5. The molecule has 2 atom stereocenters. The Hall–Kier alpha value is -1.48. The van der Waals surface area contributed by atoms with E-state index >= 15 is 0 Å². The number of ketones is 1. The van der Waals surface area contributed by atoms with Gasteiger partial charge in [-0.3, -0.25) is 9.69 Å². The third-order valence-electron chi connectivity index (χ3n) is 4.38. The Morgan fingerprint density at radius 2 is 2.16 bits per heavy atom. The van der Waals surface area contributed by atoms with Crippen LogP contribution in [0.4, 0.5) is 4.39 Å². The Bertz CT molecular complexity index is 537. The van der Waals surface area contributed by atoms with E-state index in [-0.39, 0.29) is 11.3 Å².